The van der Waals surface area contributed by atoms with Gasteiger partial charge in [0.05, 0.1) is 5.33 Å². The van der Waals surface area contributed by atoms with Gasteiger partial charge >= 0.3 is 17.1 Å². The van der Waals surface area contributed by atoms with E-state index >= 15 is 0 Å². The molecule has 0 unspecified atom stereocenters. The first-order chi connectivity index (χ1) is 15.6. The second-order valence-electron chi connectivity index (χ2n) is 6.63. The highest BCUT2D eigenvalue weighted by Gasteiger charge is 2.54. The van der Waals surface area contributed by atoms with Crippen molar-refractivity contribution in [1.82, 2.24) is 25.0 Å². The van der Waals surface area contributed by atoms with Gasteiger partial charge in [0.1, 0.15) is 22.9 Å². The molecule has 3 rings (SSSR count). The van der Waals surface area contributed by atoms with Crippen LogP contribution in [-0.4, -0.2) is 75.9 Å². The number of alkyl halides is 1. The van der Waals surface area contributed by atoms with E-state index < -0.39 is 51.8 Å². The number of hydrogen-bond acceptors (Lipinski definition) is 11. The van der Waals surface area contributed by atoms with Crippen LogP contribution in [0.5, 0.6) is 0 Å². The summed E-state index contributed by atoms with van der Waals surface area (Å²) >= 11 is 5.07. The molecule has 0 bridgehead atoms. The predicted molar refractivity (Wildman–Crippen MR) is 120 cm³/mol. The van der Waals surface area contributed by atoms with E-state index in [1.165, 1.54) is 23.5 Å². The summed E-state index contributed by atoms with van der Waals surface area (Å²) in [6.07, 6.45) is 0. The minimum Gasteiger partial charge on any atom is -0.509 e. The van der Waals surface area contributed by atoms with Crippen molar-refractivity contribution < 1.29 is 24.6 Å². The first-order valence-corrected chi connectivity index (χ1v) is 12.1. The number of allylic oxidation sites excluding steroid dienone is 1. The van der Waals surface area contributed by atoms with Crippen LogP contribution >= 0.6 is 39.5 Å². The Morgan fingerprint density at radius 1 is 1.36 bits per heavy atom. The largest absolute Gasteiger partial charge is 0.509 e. The normalized spacial score (nSPS) is 20.5. The fourth-order valence-corrected chi connectivity index (χ4v) is 5.70. The van der Waals surface area contributed by atoms with E-state index in [1.54, 1.807) is 0 Å². The number of hydrogen-bond donors (Lipinski definition) is 4. The fraction of sp³-hybridized carbons (Fsp3) is 0.375. The van der Waals surface area contributed by atoms with Gasteiger partial charge in [0.25, 0.3) is 11.8 Å². The molecule has 33 heavy (non-hydrogen) atoms. The van der Waals surface area contributed by atoms with Crippen LogP contribution in [0.3, 0.4) is 0 Å². The van der Waals surface area contributed by atoms with Crippen molar-refractivity contribution >= 4 is 57.2 Å². The van der Waals surface area contributed by atoms with Gasteiger partial charge in [-0.25, -0.2) is 4.79 Å². The number of nitrogens with one attached hydrogen (secondary N) is 2. The Hall–Kier alpha value is -2.92. The van der Waals surface area contributed by atoms with Gasteiger partial charge < -0.3 is 15.5 Å². The summed E-state index contributed by atoms with van der Waals surface area (Å²) < 4.78 is 1.23. The third kappa shape index (κ3) is 4.74. The first kappa shape index (κ1) is 24.7. The van der Waals surface area contributed by atoms with Crippen LogP contribution in [-0.2, 0) is 21.4 Å². The molecule has 0 aromatic carbocycles. The van der Waals surface area contributed by atoms with E-state index in [0.717, 1.165) is 16.7 Å². The molecule has 0 saturated carbocycles. The van der Waals surface area contributed by atoms with Crippen LogP contribution in [0.2, 0.25) is 0 Å². The van der Waals surface area contributed by atoms with Crippen molar-refractivity contribution in [3.05, 3.63) is 48.3 Å². The van der Waals surface area contributed by atoms with Crippen molar-refractivity contribution in [2.24, 2.45) is 12.2 Å². The van der Waals surface area contributed by atoms with Gasteiger partial charge in [-0.15, -0.1) is 16.7 Å². The summed E-state index contributed by atoms with van der Waals surface area (Å²) in [4.78, 5) is 75.1. The molecule has 1 fully saturated rings. The molecule has 0 spiro atoms. The SMILES string of the molecule is Cn1[nH]c(=O)c(=O)nc1SCC1=C(C(=O)O)N2C(=O)[C@@H](NC(=O)C(N=O)=C(O)CBr)[C@H]2SC1. The van der Waals surface area contributed by atoms with Crippen LogP contribution in [0.15, 0.2) is 42.6 Å². The number of aromatic amines is 1. The number of aryl methyl sites for hydroxylation is 1. The first-order valence-electron chi connectivity index (χ1n) is 8.93. The third-order valence-corrected chi connectivity index (χ3v) is 7.55. The number of amides is 2. The summed E-state index contributed by atoms with van der Waals surface area (Å²) in [5, 5.41) is 25.6. The predicted octanol–water partition coefficient (Wildman–Crippen LogP) is -0.770. The van der Waals surface area contributed by atoms with Crippen LogP contribution in [0, 0.1) is 4.91 Å². The second kappa shape index (κ2) is 9.92. The molecule has 14 nitrogen and oxygen atoms in total. The number of aliphatic carboxylic acids is 1. The Bertz CT molecular complexity index is 1220. The highest BCUT2D eigenvalue weighted by molar-refractivity contribution is 9.09. The zero-order valence-corrected chi connectivity index (χ0v) is 19.8. The third-order valence-electron chi connectivity index (χ3n) is 4.57. The van der Waals surface area contributed by atoms with Crippen molar-refractivity contribution in [3.63, 3.8) is 0 Å². The molecule has 17 heteroatoms. The summed E-state index contributed by atoms with van der Waals surface area (Å²) in [6, 6.07) is -1.12. The van der Waals surface area contributed by atoms with Crippen molar-refractivity contribution in [3.8, 4) is 0 Å². The molecular weight excluding hydrogens is 548 g/mol. The summed E-state index contributed by atoms with van der Waals surface area (Å²) in [6.45, 7) is 0. The number of aliphatic hydroxyl groups is 1. The Labute approximate surface area is 200 Å². The van der Waals surface area contributed by atoms with Crippen molar-refractivity contribution in [2.75, 3.05) is 16.8 Å². The maximum atomic E-state index is 12.7. The molecule has 4 N–H and O–H groups in total. The molecule has 2 aliphatic rings. The average Bonchev–Trinajstić information content (AvgIpc) is 2.78. The quantitative estimate of drug-likeness (QED) is 0.0588. The number of halogens is 1. The molecule has 2 amide bonds. The average molecular weight is 563 g/mol. The molecule has 1 aromatic heterocycles. The molecule has 0 aliphatic carbocycles. The lowest BCUT2D eigenvalue weighted by atomic mass is 10.0. The van der Waals surface area contributed by atoms with E-state index in [2.05, 4.69) is 36.5 Å². The number of carboxylic acids is 1. The zero-order chi connectivity index (χ0) is 24.4. The number of rotatable bonds is 8. The van der Waals surface area contributed by atoms with Gasteiger partial charge in [-0.3, -0.25) is 33.9 Å². The summed E-state index contributed by atoms with van der Waals surface area (Å²) in [7, 11) is 1.46. The molecule has 1 aromatic rings. The Morgan fingerprint density at radius 3 is 2.67 bits per heavy atom. The number of H-pyrrole nitrogens is 1. The highest BCUT2D eigenvalue weighted by atomic mass is 79.9. The summed E-state index contributed by atoms with van der Waals surface area (Å²) in [5.41, 5.74) is -2.55. The number of nitroso groups, excluding NO2 is 1. The van der Waals surface area contributed by atoms with Crippen LogP contribution < -0.4 is 16.4 Å². The van der Waals surface area contributed by atoms with Crippen LogP contribution in [0.1, 0.15) is 0 Å². The molecule has 1 saturated heterocycles. The highest BCUT2D eigenvalue weighted by Crippen LogP contribution is 2.41. The molecule has 3 heterocycles. The Balaban J connectivity index is 1.80. The number of carboxylic acid groups (broad SMARTS) is 1. The number of fused-ring (bicyclic) bond motifs is 1. The molecule has 176 valence electrons. The lowest BCUT2D eigenvalue weighted by Crippen LogP contribution is -2.70. The van der Waals surface area contributed by atoms with Gasteiger partial charge in [0.2, 0.25) is 5.70 Å². The number of carbonyl (C=O) groups is 3. The molecular formula is C16H15BrN6O8S2. The minimum absolute atomic E-state index is 0.0650. The van der Waals surface area contributed by atoms with Crippen molar-refractivity contribution in [1.29, 1.82) is 0 Å². The van der Waals surface area contributed by atoms with Gasteiger partial charge in [0.15, 0.2) is 5.16 Å². The zero-order valence-electron chi connectivity index (χ0n) is 16.6. The van der Waals surface area contributed by atoms with Gasteiger partial charge in [-0.2, -0.15) is 4.98 Å². The minimum atomic E-state index is -1.36. The van der Waals surface area contributed by atoms with Crippen LogP contribution in [0.25, 0.3) is 0 Å². The number of nitrogens with zero attached hydrogens (tertiary/aromatic N) is 4. The standard InChI is InChI=1S/C16H15BrN6O8S2/c1-22-16(19-11(26)12(27)20-22)33-4-5-3-32-14-8(13(28)23(14)9(5)15(29)30)18-10(25)7(21-31)6(24)2-17/h8,14,24H,2-4H2,1H3,(H,18,25)(H,20,27)(H,29,30)/t8-,14-/m1/s1. The molecule has 2 atom stereocenters. The number of aromatic nitrogens is 3. The van der Waals surface area contributed by atoms with E-state index in [1.807, 2.05) is 0 Å². The topological polar surface area (TPSA) is 204 Å². The van der Waals surface area contributed by atoms with Crippen LogP contribution in [0.4, 0.5) is 0 Å². The molecule has 0 radical (unpaired) electrons. The lowest BCUT2D eigenvalue weighted by molar-refractivity contribution is -0.150. The van der Waals surface area contributed by atoms with E-state index in [-0.39, 0.29) is 27.7 Å². The number of carbonyl (C=O) groups excluding carboxylic acids is 2. The number of β-lactam (4-membered cyclic amide) rings is 1. The smallest absolute Gasteiger partial charge is 0.352 e. The number of thioether (sulfide) groups is 2. The Kier molecular flexibility index (Phi) is 7.43. The fourth-order valence-electron chi connectivity index (χ4n) is 3.03. The maximum absolute atomic E-state index is 12.7. The summed E-state index contributed by atoms with van der Waals surface area (Å²) in [5.74, 6) is -3.49. The van der Waals surface area contributed by atoms with E-state index in [4.69, 9.17) is 0 Å². The van der Waals surface area contributed by atoms with Gasteiger partial charge in [-0.1, -0.05) is 27.7 Å². The number of aliphatic hydroxyl groups excluding tert-OH is 1. The molecule has 2 aliphatic heterocycles. The Morgan fingerprint density at radius 2 is 2.06 bits per heavy atom. The van der Waals surface area contributed by atoms with E-state index in [9.17, 15) is 39.1 Å². The van der Waals surface area contributed by atoms with Gasteiger partial charge in [-0.05, 0) is 10.7 Å². The van der Waals surface area contributed by atoms with E-state index in [0.29, 0.717) is 5.57 Å². The second-order valence-corrected chi connectivity index (χ2v) is 9.23. The van der Waals surface area contributed by atoms with Crippen molar-refractivity contribution in [2.45, 2.75) is 16.6 Å². The maximum Gasteiger partial charge on any atom is 0.352 e. The lowest BCUT2D eigenvalue weighted by Gasteiger charge is -2.49. The van der Waals surface area contributed by atoms with Gasteiger partial charge in [0, 0.05) is 18.6 Å². The monoisotopic (exact) mass is 562 g/mol.